The highest BCUT2D eigenvalue weighted by Crippen LogP contribution is 2.34. The average Bonchev–Trinajstić information content (AvgIpc) is 2.82. The largest absolute Gasteiger partial charge is 0.481 e. The van der Waals surface area contributed by atoms with Crippen LogP contribution in [0.1, 0.15) is 77.6 Å². The van der Waals surface area contributed by atoms with E-state index in [1.54, 1.807) is 12.2 Å². The minimum absolute atomic E-state index is 0.0559. The predicted octanol–water partition coefficient (Wildman–Crippen LogP) is 3.48. The van der Waals surface area contributed by atoms with Gasteiger partial charge in [0.05, 0.1) is 12.2 Å². The number of carbonyl (C=O) groups is 2. The van der Waals surface area contributed by atoms with Gasteiger partial charge in [0.2, 0.25) is 0 Å². The van der Waals surface area contributed by atoms with Crippen molar-refractivity contribution in [2.24, 2.45) is 11.8 Å². The van der Waals surface area contributed by atoms with Crippen molar-refractivity contribution in [3.05, 3.63) is 12.2 Å². The standard InChI is InChI=1S/C20H34O5/c1-2-3-6-9-15(21)12-13-17-16(18(22)14-19(17)23)10-7-4-5-8-11-20(24)25/h12-13,15-18,21-22H,2-11,14H2,1H3,(H,24,25)/b13-12+/t15-,16+,17?,18-/m0/s1. The maximum Gasteiger partial charge on any atom is 0.303 e. The molecule has 1 rings (SSSR count). The van der Waals surface area contributed by atoms with Gasteiger partial charge in [0.1, 0.15) is 5.78 Å². The summed E-state index contributed by atoms with van der Waals surface area (Å²) in [5.74, 6) is -1.08. The summed E-state index contributed by atoms with van der Waals surface area (Å²) in [6, 6.07) is 0. The molecule has 0 bridgehead atoms. The summed E-state index contributed by atoms with van der Waals surface area (Å²) in [6.07, 6.45) is 10.8. The Hall–Kier alpha value is -1.20. The lowest BCUT2D eigenvalue weighted by Crippen LogP contribution is -2.19. The molecule has 1 saturated carbocycles. The summed E-state index contributed by atoms with van der Waals surface area (Å²) in [5.41, 5.74) is 0. The summed E-state index contributed by atoms with van der Waals surface area (Å²) >= 11 is 0. The molecule has 25 heavy (non-hydrogen) atoms. The Morgan fingerprint density at radius 1 is 1.20 bits per heavy atom. The van der Waals surface area contributed by atoms with Crippen molar-refractivity contribution < 1.29 is 24.9 Å². The molecule has 3 N–H and O–H groups in total. The molecular weight excluding hydrogens is 320 g/mol. The Balaban J connectivity index is 2.39. The fraction of sp³-hybridized carbons (Fsp3) is 0.800. The molecule has 4 atom stereocenters. The number of carboxylic acid groups (broad SMARTS) is 1. The molecule has 0 heterocycles. The number of carboxylic acids is 1. The molecule has 0 aromatic rings. The van der Waals surface area contributed by atoms with Crippen LogP contribution in [0.15, 0.2) is 12.2 Å². The van der Waals surface area contributed by atoms with Crippen LogP contribution < -0.4 is 0 Å². The van der Waals surface area contributed by atoms with Crippen LogP contribution in [-0.4, -0.2) is 39.3 Å². The first-order chi connectivity index (χ1) is 12.0. The normalized spacial score (nSPS) is 24.9. The van der Waals surface area contributed by atoms with E-state index in [0.717, 1.165) is 44.9 Å². The highest BCUT2D eigenvalue weighted by molar-refractivity contribution is 5.85. The molecule has 0 radical (unpaired) electrons. The van der Waals surface area contributed by atoms with Gasteiger partial charge in [-0.15, -0.1) is 0 Å². The van der Waals surface area contributed by atoms with Crippen LogP contribution in [0.4, 0.5) is 0 Å². The van der Waals surface area contributed by atoms with E-state index in [2.05, 4.69) is 6.92 Å². The zero-order chi connectivity index (χ0) is 18.7. The van der Waals surface area contributed by atoms with Gasteiger partial charge < -0.3 is 15.3 Å². The number of hydrogen-bond donors (Lipinski definition) is 3. The summed E-state index contributed by atoms with van der Waals surface area (Å²) in [5, 5.41) is 28.7. The molecule has 1 fully saturated rings. The zero-order valence-corrected chi connectivity index (χ0v) is 15.4. The van der Waals surface area contributed by atoms with E-state index < -0.39 is 18.2 Å². The molecule has 0 spiro atoms. The third-order valence-electron chi connectivity index (χ3n) is 5.06. The number of allylic oxidation sites excluding steroid dienone is 1. The van der Waals surface area contributed by atoms with E-state index in [1.165, 1.54) is 0 Å². The Morgan fingerprint density at radius 3 is 2.60 bits per heavy atom. The van der Waals surface area contributed by atoms with E-state index in [0.29, 0.717) is 12.8 Å². The first-order valence-electron chi connectivity index (χ1n) is 9.74. The smallest absolute Gasteiger partial charge is 0.303 e. The van der Waals surface area contributed by atoms with Gasteiger partial charge >= 0.3 is 5.97 Å². The van der Waals surface area contributed by atoms with Gasteiger partial charge in [0, 0.05) is 18.8 Å². The monoisotopic (exact) mass is 354 g/mol. The van der Waals surface area contributed by atoms with Gasteiger partial charge in [-0.3, -0.25) is 9.59 Å². The third-order valence-corrected chi connectivity index (χ3v) is 5.06. The molecule has 1 aliphatic rings. The van der Waals surface area contributed by atoms with Crippen LogP contribution in [0, 0.1) is 11.8 Å². The number of ketones is 1. The minimum Gasteiger partial charge on any atom is -0.481 e. The van der Waals surface area contributed by atoms with Gasteiger partial charge in [0.25, 0.3) is 0 Å². The fourth-order valence-electron chi connectivity index (χ4n) is 3.55. The molecule has 0 aliphatic heterocycles. The van der Waals surface area contributed by atoms with Crippen molar-refractivity contribution in [3.8, 4) is 0 Å². The zero-order valence-electron chi connectivity index (χ0n) is 15.4. The van der Waals surface area contributed by atoms with Crippen molar-refractivity contribution in [1.82, 2.24) is 0 Å². The van der Waals surface area contributed by atoms with Crippen molar-refractivity contribution >= 4 is 11.8 Å². The molecule has 144 valence electrons. The van der Waals surface area contributed by atoms with Crippen LogP contribution in [0.25, 0.3) is 0 Å². The molecule has 0 amide bonds. The van der Waals surface area contributed by atoms with Gasteiger partial charge in [-0.05, 0) is 25.2 Å². The van der Waals surface area contributed by atoms with Gasteiger partial charge in [0.15, 0.2) is 0 Å². The minimum atomic E-state index is -0.764. The molecule has 1 unspecified atom stereocenters. The quantitative estimate of drug-likeness (QED) is 0.348. The molecule has 5 nitrogen and oxygen atoms in total. The number of unbranched alkanes of at least 4 members (excludes halogenated alkanes) is 5. The van der Waals surface area contributed by atoms with E-state index in [-0.39, 0.29) is 30.5 Å². The first-order valence-corrected chi connectivity index (χ1v) is 9.74. The van der Waals surface area contributed by atoms with Crippen LogP contribution in [0.2, 0.25) is 0 Å². The molecule has 0 aromatic heterocycles. The summed E-state index contributed by atoms with van der Waals surface area (Å²) in [6.45, 7) is 2.12. The van der Waals surface area contributed by atoms with Crippen LogP contribution in [-0.2, 0) is 9.59 Å². The van der Waals surface area contributed by atoms with Gasteiger partial charge in [-0.25, -0.2) is 0 Å². The molecular formula is C20H34O5. The van der Waals surface area contributed by atoms with E-state index in [1.807, 2.05) is 0 Å². The summed E-state index contributed by atoms with van der Waals surface area (Å²) in [7, 11) is 0. The maximum atomic E-state index is 12.1. The number of carbonyl (C=O) groups excluding carboxylic acids is 1. The number of aliphatic carboxylic acids is 1. The van der Waals surface area contributed by atoms with Crippen molar-refractivity contribution in [2.45, 2.75) is 89.8 Å². The second-order valence-corrected chi connectivity index (χ2v) is 7.22. The highest BCUT2D eigenvalue weighted by Gasteiger charge is 2.39. The number of rotatable bonds is 13. The second-order valence-electron chi connectivity index (χ2n) is 7.22. The van der Waals surface area contributed by atoms with Crippen molar-refractivity contribution in [2.75, 3.05) is 0 Å². The predicted molar refractivity (Wildman–Crippen MR) is 97.2 cm³/mol. The highest BCUT2D eigenvalue weighted by atomic mass is 16.4. The Bertz CT molecular complexity index is 432. The van der Waals surface area contributed by atoms with Crippen molar-refractivity contribution in [1.29, 1.82) is 0 Å². The summed E-state index contributed by atoms with van der Waals surface area (Å²) in [4.78, 5) is 22.6. The van der Waals surface area contributed by atoms with E-state index in [9.17, 15) is 19.8 Å². The first kappa shape index (κ1) is 21.8. The lowest BCUT2D eigenvalue weighted by atomic mass is 9.88. The third kappa shape index (κ3) is 8.63. The van der Waals surface area contributed by atoms with Crippen LogP contribution in [0.3, 0.4) is 0 Å². The summed E-state index contributed by atoms with van der Waals surface area (Å²) < 4.78 is 0. The van der Waals surface area contributed by atoms with Crippen LogP contribution in [0.5, 0.6) is 0 Å². The number of aliphatic hydroxyl groups is 2. The topological polar surface area (TPSA) is 94.8 Å². The Morgan fingerprint density at radius 2 is 1.92 bits per heavy atom. The number of Topliss-reactive ketones (excluding diaryl/α,β-unsaturated/α-hetero) is 1. The molecule has 0 saturated heterocycles. The SMILES string of the molecule is CCCCC[C@H](O)/C=C/C1C(=O)C[C@H](O)[C@@H]1CCCCCCC(=O)O. The average molecular weight is 354 g/mol. The lowest BCUT2D eigenvalue weighted by Gasteiger charge is -2.18. The van der Waals surface area contributed by atoms with E-state index >= 15 is 0 Å². The van der Waals surface area contributed by atoms with Crippen molar-refractivity contribution in [3.63, 3.8) is 0 Å². The molecule has 0 aromatic carbocycles. The fourth-order valence-corrected chi connectivity index (χ4v) is 3.55. The number of aliphatic hydroxyl groups excluding tert-OH is 2. The Labute approximate surface area is 151 Å². The Kier molecular flexibility index (Phi) is 10.7. The van der Waals surface area contributed by atoms with Crippen LogP contribution >= 0.6 is 0 Å². The van der Waals surface area contributed by atoms with E-state index in [4.69, 9.17) is 5.11 Å². The van der Waals surface area contributed by atoms with Gasteiger partial charge in [-0.2, -0.15) is 0 Å². The lowest BCUT2D eigenvalue weighted by molar-refractivity contribution is -0.137. The maximum absolute atomic E-state index is 12.1. The molecule has 5 heteroatoms. The number of hydrogen-bond acceptors (Lipinski definition) is 4. The van der Waals surface area contributed by atoms with Gasteiger partial charge in [-0.1, -0.05) is 57.6 Å². The molecule has 1 aliphatic carbocycles. The second kappa shape index (κ2) is 12.2.